The van der Waals surface area contributed by atoms with Gasteiger partial charge in [0, 0.05) is 12.1 Å². The smallest absolute Gasteiger partial charge is 0.123 e. The Kier molecular flexibility index (Phi) is 4.85. The second kappa shape index (κ2) is 6.26. The molecule has 0 aliphatic heterocycles. The normalized spacial score (nSPS) is 25.4. The molecule has 1 aliphatic carbocycles. The standard InChI is InChI=1S/C18H28FN/c1-13-6-5-7-16(12-13)20-17(18(2,3)4)14-8-10-15(19)11-9-14/h8-11,13,16-17,20H,5-7,12H2,1-4H3. The molecule has 1 fully saturated rings. The van der Waals surface area contributed by atoms with Crippen molar-refractivity contribution in [2.45, 2.75) is 65.5 Å². The Morgan fingerprint density at radius 1 is 1.15 bits per heavy atom. The van der Waals surface area contributed by atoms with Crippen molar-refractivity contribution < 1.29 is 4.39 Å². The quantitative estimate of drug-likeness (QED) is 0.812. The molecule has 0 bridgehead atoms. The average Bonchev–Trinajstić information content (AvgIpc) is 2.36. The lowest BCUT2D eigenvalue weighted by atomic mass is 9.80. The number of hydrogen-bond donors (Lipinski definition) is 1. The molecule has 3 atom stereocenters. The van der Waals surface area contributed by atoms with Crippen molar-refractivity contribution in [3.05, 3.63) is 35.6 Å². The second-order valence-corrected chi connectivity index (χ2v) is 7.49. The van der Waals surface area contributed by atoms with Gasteiger partial charge in [-0.3, -0.25) is 0 Å². The van der Waals surface area contributed by atoms with Gasteiger partial charge in [0.1, 0.15) is 5.82 Å². The van der Waals surface area contributed by atoms with E-state index in [1.807, 2.05) is 12.1 Å². The zero-order chi connectivity index (χ0) is 14.8. The maximum atomic E-state index is 13.1. The van der Waals surface area contributed by atoms with Crippen LogP contribution in [0.3, 0.4) is 0 Å². The predicted molar refractivity (Wildman–Crippen MR) is 83.2 cm³/mol. The molecule has 1 saturated carbocycles. The summed E-state index contributed by atoms with van der Waals surface area (Å²) in [7, 11) is 0. The number of benzene rings is 1. The van der Waals surface area contributed by atoms with Crippen LogP contribution in [0.2, 0.25) is 0 Å². The molecule has 1 N–H and O–H groups in total. The van der Waals surface area contributed by atoms with Crippen molar-refractivity contribution in [1.29, 1.82) is 0 Å². The second-order valence-electron chi connectivity index (χ2n) is 7.49. The fourth-order valence-electron chi connectivity index (χ4n) is 3.32. The van der Waals surface area contributed by atoms with Gasteiger partial charge in [0.2, 0.25) is 0 Å². The van der Waals surface area contributed by atoms with Crippen molar-refractivity contribution >= 4 is 0 Å². The highest BCUT2D eigenvalue weighted by atomic mass is 19.1. The van der Waals surface area contributed by atoms with E-state index in [0.717, 1.165) is 5.92 Å². The van der Waals surface area contributed by atoms with Crippen LogP contribution in [0.25, 0.3) is 0 Å². The molecular formula is C18H28FN. The van der Waals surface area contributed by atoms with Crippen LogP contribution in [0.15, 0.2) is 24.3 Å². The van der Waals surface area contributed by atoms with Crippen LogP contribution in [0, 0.1) is 17.2 Å². The number of hydrogen-bond acceptors (Lipinski definition) is 1. The third kappa shape index (κ3) is 4.05. The zero-order valence-corrected chi connectivity index (χ0v) is 13.2. The van der Waals surface area contributed by atoms with E-state index in [2.05, 4.69) is 33.0 Å². The van der Waals surface area contributed by atoms with Gasteiger partial charge in [0.15, 0.2) is 0 Å². The van der Waals surface area contributed by atoms with Crippen molar-refractivity contribution in [1.82, 2.24) is 5.32 Å². The Hall–Kier alpha value is -0.890. The van der Waals surface area contributed by atoms with Gasteiger partial charge in [-0.25, -0.2) is 4.39 Å². The largest absolute Gasteiger partial charge is 0.307 e. The van der Waals surface area contributed by atoms with Crippen molar-refractivity contribution in [3.63, 3.8) is 0 Å². The van der Waals surface area contributed by atoms with Crippen LogP contribution >= 0.6 is 0 Å². The maximum absolute atomic E-state index is 13.1. The molecule has 1 aromatic rings. The van der Waals surface area contributed by atoms with E-state index in [1.165, 1.54) is 31.2 Å². The lowest BCUT2D eigenvalue weighted by Gasteiger charge is -2.38. The Morgan fingerprint density at radius 2 is 1.80 bits per heavy atom. The van der Waals surface area contributed by atoms with Crippen LogP contribution in [0.1, 0.15) is 65.0 Å². The Morgan fingerprint density at radius 3 is 2.35 bits per heavy atom. The van der Waals surface area contributed by atoms with Crippen LogP contribution in [-0.2, 0) is 0 Å². The molecule has 2 rings (SSSR count). The lowest BCUT2D eigenvalue weighted by molar-refractivity contribution is 0.207. The summed E-state index contributed by atoms with van der Waals surface area (Å²) in [6.07, 6.45) is 5.19. The van der Waals surface area contributed by atoms with Gasteiger partial charge in [-0.05, 0) is 41.9 Å². The van der Waals surface area contributed by atoms with E-state index in [-0.39, 0.29) is 17.3 Å². The minimum atomic E-state index is -0.160. The first-order valence-corrected chi connectivity index (χ1v) is 7.88. The number of nitrogens with one attached hydrogen (secondary N) is 1. The predicted octanol–water partition coefficient (Wildman–Crippen LogP) is 5.08. The first-order valence-electron chi connectivity index (χ1n) is 7.88. The molecule has 0 saturated heterocycles. The molecule has 1 aromatic carbocycles. The van der Waals surface area contributed by atoms with Crippen LogP contribution in [0.4, 0.5) is 4.39 Å². The van der Waals surface area contributed by atoms with Gasteiger partial charge in [-0.2, -0.15) is 0 Å². The minimum Gasteiger partial charge on any atom is -0.307 e. The van der Waals surface area contributed by atoms with Crippen molar-refractivity contribution in [3.8, 4) is 0 Å². The SMILES string of the molecule is CC1CCCC(NC(c2ccc(F)cc2)C(C)(C)C)C1. The van der Waals surface area contributed by atoms with Gasteiger partial charge < -0.3 is 5.32 Å². The van der Waals surface area contributed by atoms with E-state index in [9.17, 15) is 4.39 Å². The third-order valence-electron chi connectivity index (χ3n) is 4.41. The number of halogens is 1. The fourth-order valence-corrected chi connectivity index (χ4v) is 3.32. The summed E-state index contributed by atoms with van der Waals surface area (Å²) >= 11 is 0. The van der Waals surface area contributed by atoms with Crippen LogP contribution < -0.4 is 5.32 Å². The third-order valence-corrected chi connectivity index (χ3v) is 4.41. The first-order chi connectivity index (χ1) is 9.36. The zero-order valence-electron chi connectivity index (χ0n) is 13.2. The Balaban J connectivity index is 2.14. The van der Waals surface area contributed by atoms with E-state index in [1.54, 1.807) is 12.1 Å². The summed E-state index contributed by atoms with van der Waals surface area (Å²) in [6.45, 7) is 9.10. The minimum absolute atomic E-state index is 0.124. The molecule has 1 aliphatic rings. The maximum Gasteiger partial charge on any atom is 0.123 e. The van der Waals surface area contributed by atoms with Gasteiger partial charge >= 0.3 is 0 Å². The average molecular weight is 277 g/mol. The molecule has 0 aromatic heterocycles. The summed E-state index contributed by atoms with van der Waals surface area (Å²) < 4.78 is 13.1. The van der Waals surface area contributed by atoms with Crippen molar-refractivity contribution in [2.75, 3.05) is 0 Å². The van der Waals surface area contributed by atoms with E-state index in [0.29, 0.717) is 6.04 Å². The monoisotopic (exact) mass is 277 g/mol. The molecule has 0 radical (unpaired) electrons. The molecule has 0 spiro atoms. The van der Waals surface area contributed by atoms with E-state index < -0.39 is 0 Å². The summed E-state index contributed by atoms with van der Waals surface area (Å²) in [5.41, 5.74) is 1.32. The van der Waals surface area contributed by atoms with Crippen molar-refractivity contribution in [2.24, 2.45) is 11.3 Å². The Labute approximate surface area is 123 Å². The van der Waals surface area contributed by atoms with Crippen LogP contribution in [0.5, 0.6) is 0 Å². The summed E-state index contributed by atoms with van der Waals surface area (Å²) in [5.74, 6) is 0.655. The first kappa shape index (κ1) is 15.5. The highest BCUT2D eigenvalue weighted by molar-refractivity contribution is 5.22. The van der Waals surface area contributed by atoms with Gasteiger partial charge in [0.25, 0.3) is 0 Å². The number of rotatable bonds is 3. The molecule has 2 heteroatoms. The molecule has 1 nitrogen and oxygen atoms in total. The molecule has 112 valence electrons. The summed E-state index contributed by atoms with van der Waals surface area (Å²) in [5, 5.41) is 3.84. The topological polar surface area (TPSA) is 12.0 Å². The molecule has 0 amide bonds. The molecular weight excluding hydrogens is 249 g/mol. The van der Waals surface area contributed by atoms with E-state index >= 15 is 0 Å². The molecule has 0 heterocycles. The molecule has 3 unspecified atom stereocenters. The summed E-state index contributed by atoms with van der Waals surface area (Å²) in [6, 6.07) is 7.85. The van der Waals surface area contributed by atoms with Crippen LogP contribution in [-0.4, -0.2) is 6.04 Å². The highest BCUT2D eigenvalue weighted by Crippen LogP contribution is 2.35. The van der Waals surface area contributed by atoms with Gasteiger partial charge in [0.05, 0.1) is 0 Å². The lowest BCUT2D eigenvalue weighted by Crippen LogP contribution is -2.41. The van der Waals surface area contributed by atoms with Gasteiger partial charge in [-0.1, -0.05) is 52.7 Å². The van der Waals surface area contributed by atoms with E-state index in [4.69, 9.17) is 0 Å². The molecule has 20 heavy (non-hydrogen) atoms. The van der Waals surface area contributed by atoms with Gasteiger partial charge in [-0.15, -0.1) is 0 Å². The fraction of sp³-hybridized carbons (Fsp3) is 0.667. The summed E-state index contributed by atoms with van der Waals surface area (Å²) in [4.78, 5) is 0. The highest BCUT2D eigenvalue weighted by Gasteiger charge is 2.30. The Bertz CT molecular complexity index is 418.